The normalized spacial score (nSPS) is 9.83. The van der Waals surface area contributed by atoms with Crippen molar-refractivity contribution in [3.05, 3.63) is 0 Å². The predicted octanol–water partition coefficient (Wildman–Crippen LogP) is -0.260. The Morgan fingerprint density at radius 1 is 1.50 bits per heavy atom. The molecule has 0 aromatic carbocycles. The van der Waals surface area contributed by atoms with Crippen LogP contribution in [0, 0.1) is 0 Å². The molecule has 2 N–H and O–H groups in total. The van der Waals surface area contributed by atoms with Gasteiger partial charge in [0.05, 0.1) is 0 Å². The first kappa shape index (κ1) is 10.6. The van der Waals surface area contributed by atoms with Gasteiger partial charge in [-0.25, -0.2) is 0 Å². The zero-order chi connectivity index (χ0) is 4.50. The van der Waals surface area contributed by atoms with Gasteiger partial charge >= 0.3 is 0 Å². The van der Waals surface area contributed by atoms with E-state index >= 15 is 0 Å². The van der Waals surface area contributed by atoms with E-state index in [1.807, 2.05) is 0 Å². The minimum Gasteiger partial charge on any atom is -0.692 e. The van der Waals surface area contributed by atoms with Crippen molar-refractivity contribution < 1.29 is 30.9 Å². The molecule has 0 saturated carbocycles. The van der Waals surface area contributed by atoms with Gasteiger partial charge in [-0.05, 0) is 0 Å². The van der Waals surface area contributed by atoms with Gasteiger partial charge in [-0.15, -0.1) is 0 Å². The van der Waals surface area contributed by atoms with Crippen LogP contribution in [0.3, 0.4) is 0 Å². The summed E-state index contributed by atoms with van der Waals surface area (Å²) in [7, 11) is 0. The van der Waals surface area contributed by atoms with Gasteiger partial charge in [-0.3, -0.25) is 0 Å². The summed E-state index contributed by atoms with van der Waals surface area (Å²) in [6, 6.07) is 0. The van der Waals surface area contributed by atoms with Crippen LogP contribution < -0.4 is 0 Å². The Balaban J connectivity index is 0. The number of hydrogen-bond donors (Lipinski definition) is 2. The second kappa shape index (κ2) is 3.59. The quantitative estimate of drug-likeness (QED) is 0.338. The van der Waals surface area contributed by atoms with Crippen LogP contribution in [0.2, 0.25) is 0 Å². The van der Waals surface area contributed by atoms with Gasteiger partial charge in [-0.1, -0.05) is 11.8 Å². The van der Waals surface area contributed by atoms with Crippen molar-refractivity contribution in [2.75, 3.05) is 0 Å². The maximum Gasteiger partial charge on any atom is 0.0496 e. The molecule has 0 rings (SSSR count). The van der Waals surface area contributed by atoms with Crippen molar-refractivity contribution in [3.63, 3.8) is 0 Å². The summed E-state index contributed by atoms with van der Waals surface area (Å²) in [4.78, 5) is 15.6. The molecule has 0 radical (unpaired) electrons. The average molecular weight is 225 g/mol. The maximum absolute atomic E-state index is 7.82. The summed E-state index contributed by atoms with van der Waals surface area (Å²) in [6.07, 6.45) is 0. The first-order valence-electron chi connectivity index (χ1n) is 0.765. The van der Waals surface area contributed by atoms with Crippen molar-refractivity contribution in [1.82, 2.24) is 0 Å². The first-order chi connectivity index (χ1) is 2.00. The number of rotatable bonds is 0. The molecular formula is H2MoO2PS2-. The molecule has 0 spiro atoms. The van der Waals surface area contributed by atoms with Crippen LogP contribution in [0.4, 0.5) is 0 Å². The van der Waals surface area contributed by atoms with Gasteiger partial charge < -0.3 is 22.0 Å². The van der Waals surface area contributed by atoms with Crippen molar-refractivity contribution in [1.29, 1.82) is 0 Å². The third kappa shape index (κ3) is 46.0. The maximum atomic E-state index is 7.82. The summed E-state index contributed by atoms with van der Waals surface area (Å²) in [5.74, 6) is 0. The molecule has 0 saturated heterocycles. The van der Waals surface area contributed by atoms with Crippen LogP contribution >= 0.6 is 5.69 Å². The summed E-state index contributed by atoms with van der Waals surface area (Å²) < 4.78 is 0. The molecule has 2 nitrogen and oxygen atoms in total. The van der Waals surface area contributed by atoms with Crippen molar-refractivity contribution in [3.8, 4) is 0 Å². The molecule has 0 aromatic heterocycles. The van der Waals surface area contributed by atoms with Crippen molar-refractivity contribution in [2.45, 2.75) is 0 Å². The molecule has 6 heteroatoms. The molecule has 0 aliphatic carbocycles. The third-order valence-electron chi connectivity index (χ3n) is 0. The van der Waals surface area contributed by atoms with E-state index in [0.29, 0.717) is 0 Å². The van der Waals surface area contributed by atoms with Crippen molar-refractivity contribution in [2.24, 2.45) is 0 Å². The molecule has 38 valence electrons. The molecule has 0 aliphatic heterocycles. The number of hydrogen-bond acceptors (Lipinski definition) is 2. The Labute approximate surface area is 60.5 Å². The zero-order valence-electron chi connectivity index (χ0n) is 2.57. The third-order valence-corrected chi connectivity index (χ3v) is 0. The van der Waals surface area contributed by atoms with Crippen LogP contribution in [0.1, 0.15) is 0 Å². The Hall–Kier alpha value is 1.61. The van der Waals surface area contributed by atoms with E-state index in [9.17, 15) is 0 Å². The second-order valence-electron chi connectivity index (χ2n) is 0.491. The van der Waals surface area contributed by atoms with Gasteiger partial charge in [-0.2, -0.15) is 0 Å². The van der Waals surface area contributed by atoms with E-state index < -0.39 is 5.69 Å². The van der Waals surface area contributed by atoms with Gasteiger partial charge in [0, 0.05) is 26.8 Å². The van der Waals surface area contributed by atoms with E-state index in [4.69, 9.17) is 9.79 Å². The van der Waals surface area contributed by atoms with Crippen LogP contribution in [0.5, 0.6) is 0 Å². The molecule has 0 unspecified atom stereocenters. The molecule has 0 amide bonds. The standard InChI is InChI=1S/Mo.H3O2PS2/c;1-3(2,4)5/h;(H3,1,2,4,5)/p-1. The smallest absolute Gasteiger partial charge is 0.0496 e. The zero-order valence-corrected chi connectivity index (χ0v) is 7.10. The average Bonchev–Trinajstić information content (AvgIpc) is 0.722. The van der Waals surface area contributed by atoms with Gasteiger partial charge in [0.15, 0.2) is 0 Å². The molecule has 6 heavy (non-hydrogen) atoms. The molecule has 0 atom stereocenters. The SMILES string of the molecule is OP(O)(=S)[S-].[Mo]. The summed E-state index contributed by atoms with van der Waals surface area (Å²) >= 11 is 7.73. The van der Waals surface area contributed by atoms with Gasteiger partial charge in [0.1, 0.15) is 0 Å². The van der Waals surface area contributed by atoms with E-state index in [1.165, 1.54) is 0 Å². The van der Waals surface area contributed by atoms with E-state index in [1.54, 1.807) is 0 Å². The Bertz CT molecular complexity index is 57.7. The van der Waals surface area contributed by atoms with Crippen LogP contribution in [-0.2, 0) is 45.1 Å². The molecule has 0 heterocycles. The first-order valence-corrected chi connectivity index (χ1v) is 4.49. The molecule has 0 bridgehead atoms. The molecule has 0 aromatic rings. The second-order valence-corrected chi connectivity index (χ2v) is 5.22. The fraction of sp³-hybridized carbons (Fsp3) is 0. The minimum absolute atomic E-state index is 0. The Morgan fingerprint density at radius 3 is 1.50 bits per heavy atom. The molecular weight excluding hydrogens is 223 g/mol. The monoisotopic (exact) mass is 227 g/mol. The summed E-state index contributed by atoms with van der Waals surface area (Å²) in [5, 5.41) is 0. The largest absolute Gasteiger partial charge is 0.692 e. The topological polar surface area (TPSA) is 40.5 Å². The van der Waals surface area contributed by atoms with Gasteiger partial charge in [0.25, 0.3) is 0 Å². The Kier molecular flexibility index (Phi) is 6.32. The van der Waals surface area contributed by atoms with Crippen LogP contribution in [0.15, 0.2) is 0 Å². The van der Waals surface area contributed by atoms with Gasteiger partial charge in [0.2, 0.25) is 0 Å². The minimum atomic E-state index is -3.22. The van der Waals surface area contributed by atoms with Crippen LogP contribution in [0.25, 0.3) is 0 Å². The van der Waals surface area contributed by atoms with Crippen LogP contribution in [-0.4, -0.2) is 9.79 Å². The molecule has 0 fully saturated rings. The fourth-order valence-electron chi connectivity index (χ4n) is 0. The van der Waals surface area contributed by atoms with E-state index in [0.717, 1.165) is 0 Å². The van der Waals surface area contributed by atoms with Crippen molar-refractivity contribution >= 4 is 29.7 Å². The Morgan fingerprint density at radius 2 is 1.50 bits per heavy atom. The predicted molar refractivity (Wildman–Crippen MR) is 26.1 cm³/mol. The van der Waals surface area contributed by atoms with E-state index in [-0.39, 0.29) is 21.1 Å². The summed E-state index contributed by atoms with van der Waals surface area (Å²) in [6.45, 7) is 0. The fourth-order valence-corrected chi connectivity index (χ4v) is 0. The van der Waals surface area contributed by atoms with E-state index in [2.05, 4.69) is 24.1 Å². The molecule has 0 aliphatic rings. The summed E-state index contributed by atoms with van der Waals surface area (Å²) in [5.41, 5.74) is -3.22.